The summed E-state index contributed by atoms with van der Waals surface area (Å²) in [6.45, 7) is 4.83. The van der Waals surface area contributed by atoms with Crippen molar-refractivity contribution in [2.24, 2.45) is 0 Å². The van der Waals surface area contributed by atoms with Gasteiger partial charge in [-0.2, -0.15) is 9.36 Å². The molecule has 7 heteroatoms. The Balaban J connectivity index is 1.79. The van der Waals surface area contributed by atoms with Crippen LogP contribution in [0.3, 0.4) is 0 Å². The Labute approximate surface area is 134 Å². The predicted octanol–water partition coefficient (Wildman–Crippen LogP) is 3.22. The van der Waals surface area contributed by atoms with Crippen molar-refractivity contribution in [3.8, 4) is 5.88 Å². The maximum absolute atomic E-state index is 5.41. The van der Waals surface area contributed by atoms with Crippen molar-refractivity contribution in [3.63, 3.8) is 0 Å². The van der Waals surface area contributed by atoms with E-state index in [1.807, 2.05) is 5.38 Å². The number of hydrogen-bond acceptors (Lipinski definition) is 7. The van der Waals surface area contributed by atoms with Crippen molar-refractivity contribution in [1.29, 1.82) is 0 Å². The highest BCUT2D eigenvalue weighted by molar-refractivity contribution is 7.03. The molecule has 1 N–H and O–H groups in total. The predicted molar refractivity (Wildman–Crippen MR) is 84.0 cm³/mol. The number of aromatic nitrogens is 3. The first-order valence-electron chi connectivity index (χ1n) is 7.71. The third-order valence-electron chi connectivity index (χ3n) is 4.24. The maximum Gasteiger partial charge on any atom is 0.229 e. The highest BCUT2D eigenvalue weighted by Gasteiger charge is 2.40. The molecule has 0 unspecified atom stereocenters. The molecule has 0 saturated heterocycles. The molecule has 6 nitrogen and oxygen atoms in total. The Hall–Kier alpha value is -1.47. The molecule has 0 radical (unpaired) electrons. The van der Waals surface area contributed by atoms with Gasteiger partial charge in [0, 0.05) is 23.4 Å². The Bertz CT molecular complexity index is 617. The average Bonchev–Trinajstić information content (AvgIpc) is 3.24. The summed E-state index contributed by atoms with van der Waals surface area (Å²) in [6, 6.07) is 0. The minimum atomic E-state index is -0.191. The second kappa shape index (κ2) is 6.34. The van der Waals surface area contributed by atoms with Crippen LogP contribution in [0.2, 0.25) is 0 Å². The van der Waals surface area contributed by atoms with Gasteiger partial charge in [-0.15, -0.1) is 0 Å². The molecule has 3 rings (SSSR count). The molecule has 0 aromatic carbocycles. The molecule has 2 aromatic heterocycles. The third kappa shape index (κ3) is 2.87. The Kier molecular flexibility index (Phi) is 4.44. The van der Waals surface area contributed by atoms with Crippen LogP contribution in [0.5, 0.6) is 5.88 Å². The van der Waals surface area contributed by atoms with Gasteiger partial charge in [-0.05, 0) is 24.4 Å². The van der Waals surface area contributed by atoms with Crippen molar-refractivity contribution in [2.45, 2.75) is 57.5 Å². The van der Waals surface area contributed by atoms with E-state index in [1.54, 1.807) is 7.11 Å². The lowest BCUT2D eigenvalue weighted by atomic mass is 9.96. The van der Waals surface area contributed by atoms with Gasteiger partial charge in [0.05, 0.1) is 12.6 Å². The normalized spacial score (nSPS) is 17.3. The van der Waals surface area contributed by atoms with Crippen LogP contribution in [0.1, 0.15) is 62.7 Å². The van der Waals surface area contributed by atoms with E-state index < -0.39 is 0 Å². The van der Waals surface area contributed by atoms with E-state index >= 15 is 0 Å². The minimum absolute atomic E-state index is 0.191. The number of rotatable bonds is 6. The van der Waals surface area contributed by atoms with Crippen LogP contribution >= 0.6 is 11.5 Å². The minimum Gasteiger partial charge on any atom is -0.480 e. The molecule has 1 saturated carbocycles. The highest BCUT2D eigenvalue weighted by Crippen LogP contribution is 2.38. The zero-order chi connectivity index (χ0) is 15.6. The molecule has 0 atom stereocenters. The van der Waals surface area contributed by atoms with Gasteiger partial charge in [-0.25, -0.2) is 0 Å². The first kappa shape index (κ1) is 15.4. The molecule has 22 heavy (non-hydrogen) atoms. The monoisotopic (exact) mass is 322 g/mol. The molecule has 0 spiro atoms. The van der Waals surface area contributed by atoms with Gasteiger partial charge in [0.2, 0.25) is 11.8 Å². The summed E-state index contributed by atoms with van der Waals surface area (Å²) in [6.07, 6.45) is 4.42. The van der Waals surface area contributed by atoms with Gasteiger partial charge >= 0.3 is 0 Å². The lowest BCUT2D eigenvalue weighted by Crippen LogP contribution is -2.40. The average molecular weight is 322 g/mol. The van der Waals surface area contributed by atoms with Crippen LogP contribution in [0.4, 0.5) is 0 Å². The summed E-state index contributed by atoms with van der Waals surface area (Å²) in [5.74, 6) is 2.44. The summed E-state index contributed by atoms with van der Waals surface area (Å²) in [5, 5.41) is 9.90. The number of methoxy groups -OCH3 is 1. The SMILES string of the molecule is COc1nscc1CNC1(c2noc(C(C)C)n2)CCCC1. The lowest BCUT2D eigenvalue weighted by Gasteiger charge is -2.26. The van der Waals surface area contributed by atoms with Gasteiger partial charge in [0.1, 0.15) is 0 Å². The van der Waals surface area contributed by atoms with E-state index in [-0.39, 0.29) is 11.5 Å². The summed E-state index contributed by atoms with van der Waals surface area (Å²) in [4.78, 5) is 4.62. The largest absolute Gasteiger partial charge is 0.480 e. The summed E-state index contributed by atoms with van der Waals surface area (Å²) in [5.41, 5.74) is 0.884. The smallest absolute Gasteiger partial charge is 0.229 e. The van der Waals surface area contributed by atoms with E-state index in [1.165, 1.54) is 24.4 Å². The second-order valence-corrected chi connectivity index (χ2v) is 6.73. The van der Waals surface area contributed by atoms with Crippen molar-refractivity contribution >= 4 is 11.5 Å². The number of ether oxygens (including phenoxy) is 1. The molecular formula is C15H22N4O2S. The van der Waals surface area contributed by atoms with Crippen LogP contribution in [0.15, 0.2) is 9.90 Å². The topological polar surface area (TPSA) is 73.1 Å². The molecule has 120 valence electrons. The Morgan fingerprint density at radius 1 is 1.41 bits per heavy atom. The highest BCUT2D eigenvalue weighted by atomic mass is 32.1. The standard InChI is InChI=1S/C15H22N4O2S/c1-10(2)12-17-14(18-21-12)15(6-4-5-7-15)16-8-11-9-22-19-13(11)20-3/h9-10,16H,4-8H2,1-3H3. The zero-order valence-electron chi connectivity index (χ0n) is 13.3. The lowest BCUT2D eigenvalue weighted by molar-refractivity contribution is 0.292. The van der Waals surface area contributed by atoms with Crippen LogP contribution in [-0.2, 0) is 12.1 Å². The quantitative estimate of drug-likeness (QED) is 0.880. The van der Waals surface area contributed by atoms with Crippen LogP contribution in [0.25, 0.3) is 0 Å². The summed E-state index contributed by atoms with van der Waals surface area (Å²) < 4.78 is 14.9. The van der Waals surface area contributed by atoms with Gasteiger partial charge < -0.3 is 14.6 Å². The first-order chi connectivity index (χ1) is 10.6. The fourth-order valence-corrected chi connectivity index (χ4v) is 3.57. The molecule has 2 heterocycles. The van der Waals surface area contributed by atoms with Crippen LogP contribution in [0, 0.1) is 0 Å². The van der Waals surface area contributed by atoms with E-state index in [0.29, 0.717) is 18.3 Å². The van der Waals surface area contributed by atoms with Crippen molar-refractivity contribution in [1.82, 2.24) is 19.8 Å². The van der Waals surface area contributed by atoms with Crippen molar-refractivity contribution in [2.75, 3.05) is 7.11 Å². The molecule has 0 amide bonds. The first-order valence-corrected chi connectivity index (χ1v) is 8.54. The van der Waals surface area contributed by atoms with Gasteiger partial charge in [0.15, 0.2) is 5.82 Å². The molecule has 1 aliphatic rings. The van der Waals surface area contributed by atoms with Crippen molar-refractivity contribution < 1.29 is 9.26 Å². The zero-order valence-corrected chi connectivity index (χ0v) is 14.1. The molecular weight excluding hydrogens is 300 g/mol. The van der Waals surface area contributed by atoms with Gasteiger partial charge in [-0.1, -0.05) is 31.8 Å². The van der Waals surface area contributed by atoms with Crippen LogP contribution in [-0.4, -0.2) is 21.6 Å². The summed E-state index contributed by atoms with van der Waals surface area (Å²) in [7, 11) is 1.65. The van der Waals surface area contributed by atoms with Crippen LogP contribution < -0.4 is 10.1 Å². The molecule has 0 aliphatic heterocycles. The van der Waals surface area contributed by atoms with Gasteiger partial charge in [-0.3, -0.25) is 0 Å². The third-order valence-corrected chi connectivity index (χ3v) is 4.90. The molecule has 0 bridgehead atoms. The van der Waals surface area contributed by atoms with Crippen molar-refractivity contribution in [3.05, 3.63) is 22.7 Å². The summed E-state index contributed by atoms with van der Waals surface area (Å²) >= 11 is 1.41. The van der Waals surface area contributed by atoms with E-state index in [9.17, 15) is 0 Å². The van der Waals surface area contributed by atoms with Gasteiger partial charge in [0.25, 0.3) is 0 Å². The van der Waals surface area contributed by atoms with E-state index in [2.05, 4.69) is 33.7 Å². The maximum atomic E-state index is 5.41. The number of nitrogens with one attached hydrogen (secondary N) is 1. The molecule has 1 aliphatic carbocycles. The fraction of sp³-hybridized carbons (Fsp3) is 0.667. The van der Waals surface area contributed by atoms with E-state index in [4.69, 9.17) is 9.26 Å². The number of nitrogens with zero attached hydrogens (tertiary/aromatic N) is 3. The molecule has 2 aromatic rings. The Morgan fingerprint density at radius 3 is 2.82 bits per heavy atom. The Morgan fingerprint density at radius 2 is 2.18 bits per heavy atom. The fourth-order valence-electron chi connectivity index (χ4n) is 2.92. The molecule has 1 fully saturated rings. The second-order valence-electron chi connectivity index (χ2n) is 6.10. The van der Waals surface area contributed by atoms with E-state index in [0.717, 1.165) is 24.2 Å². The number of hydrogen-bond donors (Lipinski definition) is 1.